The van der Waals surface area contributed by atoms with Gasteiger partial charge in [-0.1, -0.05) is 55.1 Å². The van der Waals surface area contributed by atoms with E-state index in [0.29, 0.717) is 28.5 Å². The van der Waals surface area contributed by atoms with Crippen LogP contribution in [0.15, 0.2) is 77.9 Å². The van der Waals surface area contributed by atoms with Gasteiger partial charge in [-0.3, -0.25) is 14.4 Å². The number of amides is 3. The Balaban J connectivity index is 1.26. The minimum Gasteiger partial charge on any atom is -0.489 e. The van der Waals surface area contributed by atoms with E-state index in [1.165, 1.54) is 12.6 Å². The van der Waals surface area contributed by atoms with Crippen molar-refractivity contribution in [2.75, 3.05) is 5.32 Å². The van der Waals surface area contributed by atoms with Crippen LogP contribution in [0.4, 0.5) is 5.69 Å². The summed E-state index contributed by atoms with van der Waals surface area (Å²) in [5.74, 6) is -1.48. The second-order valence-corrected chi connectivity index (χ2v) is 9.43. The smallest absolute Gasteiger partial charge is 0.329 e. The molecule has 0 aromatic heterocycles. The number of hydrogen-bond acceptors (Lipinski definition) is 5. The second kappa shape index (κ2) is 13.4. The molecule has 3 aromatic carbocycles. The molecule has 0 atom stereocenters. The van der Waals surface area contributed by atoms with Gasteiger partial charge in [0.25, 0.3) is 5.91 Å². The summed E-state index contributed by atoms with van der Waals surface area (Å²) in [6.45, 7) is 0.404. The van der Waals surface area contributed by atoms with Crippen LogP contribution < -0.4 is 20.8 Å². The van der Waals surface area contributed by atoms with Crippen molar-refractivity contribution in [3.63, 3.8) is 0 Å². The highest BCUT2D eigenvalue weighted by atomic mass is 35.5. The fourth-order valence-electron chi connectivity index (χ4n) is 4.09. The van der Waals surface area contributed by atoms with Crippen molar-refractivity contribution in [2.24, 2.45) is 5.10 Å². The molecule has 4 rings (SSSR count). The lowest BCUT2D eigenvalue weighted by molar-refractivity contribution is -0.136. The molecule has 1 fully saturated rings. The Morgan fingerprint density at radius 1 is 0.895 bits per heavy atom. The van der Waals surface area contributed by atoms with Crippen LogP contribution >= 0.6 is 11.6 Å². The lowest BCUT2D eigenvalue weighted by Gasteiger charge is -2.23. The number of para-hydroxylation sites is 1. The van der Waals surface area contributed by atoms with Crippen LogP contribution in [-0.2, 0) is 16.2 Å². The number of carbonyl (C=O) groups is 3. The molecular formula is C29H29ClN4O4. The number of ether oxygens (including phenoxy) is 1. The van der Waals surface area contributed by atoms with E-state index in [4.69, 9.17) is 16.3 Å². The van der Waals surface area contributed by atoms with Gasteiger partial charge >= 0.3 is 11.8 Å². The summed E-state index contributed by atoms with van der Waals surface area (Å²) in [5.41, 5.74) is 4.47. The molecule has 1 saturated carbocycles. The highest BCUT2D eigenvalue weighted by Crippen LogP contribution is 2.20. The van der Waals surface area contributed by atoms with E-state index in [-0.39, 0.29) is 17.6 Å². The lowest BCUT2D eigenvalue weighted by Crippen LogP contribution is -2.37. The van der Waals surface area contributed by atoms with Crippen molar-refractivity contribution in [3.05, 3.63) is 94.5 Å². The summed E-state index contributed by atoms with van der Waals surface area (Å²) < 4.78 is 5.75. The zero-order valence-corrected chi connectivity index (χ0v) is 21.5. The molecule has 0 spiro atoms. The molecule has 3 aromatic rings. The van der Waals surface area contributed by atoms with Crippen LogP contribution in [0.2, 0.25) is 5.02 Å². The Labute approximate surface area is 226 Å². The fraction of sp³-hybridized carbons (Fsp3) is 0.241. The Bertz CT molecular complexity index is 1290. The molecule has 0 radical (unpaired) electrons. The van der Waals surface area contributed by atoms with Crippen LogP contribution in [0, 0.1) is 0 Å². The van der Waals surface area contributed by atoms with Crippen molar-refractivity contribution < 1.29 is 19.1 Å². The fourth-order valence-corrected chi connectivity index (χ4v) is 4.22. The van der Waals surface area contributed by atoms with Crippen molar-refractivity contribution >= 4 is 41.2 Å². The number of nitrogens with one attached hydrogen (secondary N) is 3. The van der Waals surface area contributed by atoms with Crippen LogP contribution in [0.1, 0.15) is 53.6 Å². The molecule has 0 aliphatic heterocycles. The van der Waals surface area contributed by atoms with E-state index in [9.17, 15) is 14.4 Å². The largest absolute Gasteiger partial charge is 0.489 e. The molecule has 0 bridgehead atoms. The van der Waals surface area contributed by atoms with E-state index in [0.717, 1.165) is 31.2 Å². The predicted molar refractivity (Wildman–Crippen MR) is 147 cm³/mol. The number of halogens is 1. The molecule has 196 valence electrons. The minimum atomic E-state index is -0.952. The molecule has 1 aliphatic rings. The predicted octanol–water partition coefficient (Wildman–Crippen LogP) is 5.07. The molecule has 3 amide bonds. The standard InChI is InChI=1S/C29H29ClN4O4/c30-22-14-10-21(11-15-22)19-38-24-16-12-20(13-17-24)18-31-34-29(37)28(36)33-26-9-5-4-8-25(26)27(35)32-23-6-2-1-3-7-23/h4-5,8-18,23H,1-3,6-7,19H2,(H,32,35)(H,33,36)(H,34,37). The zero-order chi connectivity index (χ0) is 26.7. The third kappa shape index (κ3) is 7.91. The van der Waals surface area contributed by atoms with Crippen LogP contribution in [-0.4, -0.2) is 30.0 Å². The zero-order valence-electron chi connectivity index (χ0n) is 20.8. The molecular weight excluding hydrogens is 504 g/mol. The number of hydrogen-bond donors (Lipinski definition) is 3. The maximum Gasteiger partial charge on any atom is 0.329 e. The molecule has 0 saturated heterocycles. The number of nitrogens with zero attached hydrogens (tertiary/aromatic N) is 1. The first-order valence-corrected chi connectivity index (χ1v) is 12.9. The van der Waals surface area contributed by atoms with Crippen LogP contribution in [0.3, 0.4) is 0 Å². The molecule has 3 N–H and O–H groups in total. The summed E-state index contributed by atoms with van der Waals surface area (Å²) in [6.07, 6.45) is 6.67. The average Bonchev–Trinajstić information content (AvgIpc) is 2.94. The van der Waals surface area contributed by atoms with Crippen molar-refractivity contribution in [1.82, 2.24) is 10.7 Å². The molecule has 8 nitrogen and oxygen atoms in total. The van der Waals surface area contributed by atoms with E-state index >= 15 is 0 Å². The van der Waals surface area contributed by atoms with E-state index < -0.39 is 11.8 Å². The number of rotatable bonds is 8. The Kier molecular flexibility index (Phi) is 9.48. The van der Waals surface area contributed by atoms with Gasteiger partial charge in [0.05, 0.1) is 17.5 Å². The van der Waals surface area contributed by atoms with Gasteiger partial charge in [-0.2, -0.15) is 5.10 Å². The lowest BCUT2D eigenvalue weighted by atomic mass is 9.95. The summed E-state index contributed by atoms with van der Waals surface area (Å²) in [4.78, 5) is 37.4. The topological polar surface area (TPSA) is 109 Å². The van der Waals surface area contributed by atoms with E-state index in [1.54, 1.807) is 48.5 Å². The van der Waals surface area contributed by atoms with Crippen molar-refractivity contribution in [3.8, 4) is 5.75 Å². The van der Waals surface area contributed by atoms with Gasteiger partial charge < -0.3 is 15.4 Å². The highest BCUT2D eigenvalue weighted by Gasteiger charge is 2.20. The van der Waals surface area contributed by atoms with Gasteiger partial charge in [0, 0.05) is 11.1 Å². The van der Waals surface area contributed by atoms with Gasteiger partial charge in [0.15, 0.2) is 0 Å². The second-order valence-electron chi connectivity index (χ2n) is 8.99. The number of hydrazone groups is 1. The SMILES string of the molecule is O=C(NN=Cc1ccc(OCc2ccc(Cl)cc2)cc1)C(=O)Nc1ccccc1C(=O)NC1CCCCC1. The molecule has 0 unspecified atom stereocenters. The third-order valence-corrected chi connectivity index (χ3v) is 6.40. The summed E-state index contributed by atoms with van der Waals surface area (Å²) in [7, 11) is 0. The Hall–Kier alpha value is -4.17. The van der Waals surface area contributed by atoms with Crippen molar-refractivity contribution in [1.29, 1.82) is 0 Å². The third-order valence-electron chi connectivity index (χ3n) is 6.15. The van der Waals surface area contributed by atoms with Gasteiger partial charge in [-0.15, -0.1) is 0 Å². The van der Waals surface area contributed by atoms with Gasteiger partial charge in [-0.05, 0) is 72.5 Å². The first-order valence-electron chi connectivity index (χ1n) is 12.5. The van der Waals surface area contributed by atoms with Crippen molar-refractivity contribution in [2.45, 2.75) is 44.8 Å². The molecule has 1 aliphatic carbocycles. The number of anilines is 1. The molecule has 9 heteroatoms. The van der Waals surface area contributed by atoms with Crippen LogP contribution in [0.25, 0.3) is 0 Å². The summed E-state index contributed by atoms with van der Waals surface area (Å²) in [6, 6.07) is 21.2. The maximum atomic E-state index is 12.8. The number of benzene rings is 3. The van der Waals surface area contributed by atoms with Crippen LogP contribution in [0.5, 0.6) is 5.75 Å². The first-order chi connectivity index (χ1) is 18.5. The highest BCUT2D eigenvalue weighted by molar-refractivity contribution is 6.40. The number of carbonyl (C=O) groups excluding carboxylic acids is 3. The Morgan fingerprint density at radius 2 is 1.61 bits per heavy atom. The van der Waals surface area contributed by atoms with E-state index in [1.807, 2.05) is 24.3 Å². The van der Waals surface area contributed by atoms with Gasteiger partial charge in [0.1, 0.15) is 12.4 Å². The maximum absolute atomic E-state index is 12.8. The van der Waals surface area contributed by atoms with Gasteiger partial charge in [-0.25, -0.2) is 5.43 Å². The van der Waals surface area contributed by atoms with E-state index in [2.05, 4.69) is 21.2 Å². The average molecular weight is 533 g/mol. The first kappa shape index (κ1) is 26.9. The molecule has 38 heavy (non-hydrogen) atoms. The summed E-state index contributed by atoms with van der Waals surface area (Å²) >= 11 is 5.89. The van der Waals surface area contributed by atoms with Gasteiger partial charge in [0.2, 0.25) is 0 Å². The minimum absolute atomic E-state index is 0.127. The summed E-state index contributed by atoms with van der Waals surface area (Å²) in [5, 5.41) is 10.1. The Morgan fingerprint density at radius 3 is 2.34 bits per heavy atom. The molecule has 0 heterocycles. The monoisotopic (exact) mass is 532 g/mol. The quantitative estimate of drug-likeness (QED) is 0.214. The normalized spacial score (nSPS) is 13.6.